The van der Waals surface area contributed by atoms with Gasteiger partial charge in [-0.3, -0.25) is 4.90 Å². The summed E-state index contributed by atoms with van der Waals surface area (Å²) in [5.41, 5.74) is 0.931. The van der Waals surface area contributed by atoms with Crippen LogP contribution in [0.4, 0.5) is 0 Å². The van der Waals surface area contributed by atoms with Gasteiger partial charge in [-0.25, -0.2) is 0 Å². The van der Waals surface area contributed by atoms with Crippen LogP contribution in [0.2, 0.25) is 0 Å². The summed E-state index contributed by atoms with van der Waals surface area (Å²) in [7, 11) is 0. The number of nitrogens with one attached hydrogen (secondary N) is 1. The standard InChI is InChI=1S/C13H26N2/c1-12(2)10-15(9-8-14-12)11-13(3)6-4-5-7-13/h14H,4-11H2,1-3H3. The Bertz CT molecular complexity index is 217. The third-order valence-electron chi connectivity index (χ3n) is 4.07. The van der Waals surface area contributed by atoms with Crippen LogP contribution in [0.25, 0.3) is 0 Å². The Morgan fingerprint density at radius 3 is 2.40 bits per heavy atom. The van der Waals surface area contributed by atoms with E-state index >= 15 is 0 Å². The largest absolute Gasteiger partial charge is 0.309 e. The highest BCUT2D eigenvalue weighted by Gasteiger charge is 2.33. The van der Waals surface area contributed by atoms with Gasteiger partial charge in [-0.05, 0) is 32.1 Å². The van der Waals surface area contributed by atoms with Crippen LogP contribution in [0.15, 0.2) is 0 Å². The molecular weight excluding hydrogens is 184 g/mol. The molecule has 0 bridgehead atoms. The van der Waals surface area contributed by atoms with Gasteiger partial charge < -0.3 is 5.32 Å². The lowest BCUT2D eigenvalue weighted by molar-refractivity contribution is 0.103. The molecule has 0 spiro atoms. The minimum atomic E-state index is 0.313. The fourth-order valence-electron chi connectivity index (χ4n) is 3.31. The number of nitrogens with zero attached hydrogens (tertiary/aromatic N) is 1. The van der Waals surface area contributed by atoms with Crippen LogP contribution in [0.5, 0.6) is 0 Å². The molecule has 1 saturated carbocycles. The molecule has 1 N–H and O–H groups in total. The van der Waals surface area contributed by atoms with Crippen molar-refractivity contribution in [3.63, 3.8) is 0 Å². The van der Waals surface area contributed by atoms with E-state index in [4.69, 9.17) is 0 Å². The van der Waals surface area contributed by atoms with E-state index in [1.807, 2.05) is 0 Å². The molecule has 2 nitrogen and oxygen atoms in total. The minimum absolute atomic E-state index is 0.313. The third-order valence-corrected chi connectivity index (χ3v) is 4.07. The van der Waals surface area contributed by atoms with E-state index in [1.54, 1.807) is 0 Å². The van der Waals surface area contributed by atoms with Crippen molar-refractivity contribution in [2.75, 3.05) is 26.2 Å². The molecule has 2 heteroatoms. The lowest BCUT2D eigenvalue weighted by Crippen LogP contribution is -2.58. The van der Waals surface area contributed by atoms with Crippen LogP contribution in [0.1, 0.15) is 46.5 Å². The molecule has 0 aromatic heterocycles. The molecule has 1 aliphatic heterocycles. The zero-order valence-electron chi connectivity index (χ0n) is 10.6. The van der Waals surface area contributed by atoms with Gasteiger partial charge in [0.15, 0.2) is 0 Å². The Morgan fingerprint density at radius 1 is 1.13 bits per heavy atom. The Balaban J connectivity index is 1.88. The Kier molecular flexibility index (Phi) is 3.09. The molecule has 1 heterocycles. The van der Waals surface area contributed by atoms with Gasteiger partial charge in [-0.2, -0.15) is 0 Å². The van der Waals surface area contributed by atoms with Crippen molar-refractivity contribution in [3.8, 4) is 0 Å². The van der Waals surface area contributed by atoms with E-state index in [9.17, 15) is 0 Å². The van der Waals surface area contributed by atoms with Crippen molar-refractivity contribution >= 4 is 0 Å². The van der Waals surface area contributed by atoms with Crippen LogP contribution in [0.3, 0.4) is 0 Å². The Labute approximate surface area is 94.4 Å². The Morgan fingerprint density at radius 2 is 1.80 bits per heavy atom. The van der Waals surface area contributed by atoms with Crippen LogP contribution in [-0.4, -0.2) is 36.6 Å². The normalized spacial score (nSPS) is 30.6. The summed E-state index contributed by atoms with van der Waals surface area (Å²) in [5.74, 6) is 0. The van der Waals surface area contributed by atoms with Crippen LogP contribution < -0.4 is 5.32 Å². The first-order valence-electron chi connectivity index (χ1n) is 6.47. The molecule has 2 rings (SSSR count). The fraction of sp³-hybridized carbons (Fsp3) is 1.00. The lowest BCUT2D eigenvalue weighted by Gasteiger charge is -2.42. The predicted octanol–water partition coefficient (Wildman–Crippen LogP) is 2.25. The lowest BCUT2D eigenvalue weighted by atomic mass is 9.87. The zero-order valence-corrected chi connectivity index (χ0v) is 10.6. The van der Waals surface area contributed by atoms with Gasteiger partial charge in [0.1, 0.15) is 0 Å². The van der Waals surface area contributed by atoms with Crippen molar-refractivity contribution in [3.05, 3.63) is 0 Å². The van der Waals surface area contributed by atoms with Crippen LogP contribution in [-0.2, 0) is 0 Å². The van der Waals surface area contributed by atoms with Gasteiger partial charge in [0.2, 0.25) is 0 Å². The van der Waals surface area contributed by atoms with Gasteiger partial charge in [-0.1, -0.05) is 19.8 Å². The summed E-state index contributed by atoms with van der Waals surface area (Å²) < 4.78 is 0. The topological polar surface area (TPSA) is 15.3 Å². The van der Waals surface area contributed by atoms with Gasteiger partial charge in [0.25, 0.3) is 0 Å². The van der Waals surface area contributed by atoms with Gasteiger partial charge >= 0.3 is 0 Å². The first kappa shape index (κ1) is 11.4. The second-order valence-corrected chi connectivity index (χ2v) is 6.54. The van der Waals surface area contributed by atoms with E-state index in [2.05, 4.69) is 31.0 Å². The van der Waals surface area contributed by atoms with E-state index in [0.29, 0.717) is 11.0 Å². The third kappa shape index (κ3) is 2.94. The molecule has 0 atom stereocenters. The molecule has 2 aliphatic rings. The average molecular weight is 210 g/mol. The Hall–Kier alpha value is -0.0800. The van der Waals surface area contributed by atoms with E-state index in [1.165, 1.54) is 45.3 Å². The molecule has 15 heavy (non-hydrogen) atoms. The monoisotopic (exact) mass is 210 g/mol. The number of rotatable bonds is 2. The second-order valence-electron chi connectivity index (χ2n) is 6.54. The van der Waals surface area contributed by atoms with Gasteiger partial charge in [-0.15, -0.1) is 0 Å². The molecule has 0 radical (unpaired) electrons. The molecule has 0 aromatic rings. The zero-order chi connectivity index (χ0) is 10.9. The molecule has 88 valence electrons. The first-order valence-corrected chi connectivity index (χ1v) is 6.47. The molecule has 1 aliphatic carbocycles. The summed E-state index contributed by atoms with van der Waals surface area (Å²) in [5, 5.41) is 3.58. The summed E-state index contributed by atoms with van der Waals surface area (Å²) >= 11 is 0. The highest BCUT2D eigenvalue weighted by Crippen LogP contribution is 2.38. The highest BCUT2D eigenvalue weighted by molar-refractivity contribution is 4.90. The summed E-state index contributed by atoms with van der Waals surface area (Å²) in [6, 6.07) is 0. The summed E-state index contributed by atoms with van der Waals surface area (Å²) in [4.78, 5) is 2.67. The maximum absolute atomic E-state index is 3.58. The molecule has 0 unspecified atom stereocenters. The minimum Gasteiger partial charge on any atom is -0.309 e. The molecule has 0 amide bonds. The summed E-state index contributed by atoms with van der Waals surface area (Å²) in [6.07, 6.45) is 5.78. The fourth-order valence-corrected chi connectivity index (χ4v) is 3.31. The first-order chi connectivity index (χ1) is 6.99. The predicted molar refractivity (Wildman–Crippen MR) is 65.1 cm³/mol. The van der Waals surface area contributed by atoms with Crippen molar-refractivity contribution in [1.82, 2.24) is 10.2 Å². The average Bonchev–Trinajstić information content (AvgIpc) is 2.49. The second kappa shape index (κ2) is 4.06. The van der Waals surface area contributed by atoms with Crippen LogP contribution >= 0.6 is 0 Å². The molecule has 1 saturated heterocycles. The van der Waals surface area contributed by atoms with Crippen LogP contribution in [0, 0.1) is 5.41 Å². The quantitative estimate of drug-likeness (QED) is 0.752. The molecule has 2 fully saturated rings. The van der Waals surface area contributed by atoms with E-state index in [0.717, 1.165) is 6.54 Å². The van der Waals surface area contributed by atoms with E-state index in [-0.39, 0.29) is 0 Å². The van der Waals surface area contributed by atoms with E-state index < -0.39 is 0 Å². The number of piperazine rings is 1. The van der Waals surface area contributed by atoms with Crippen molar-refractivity contribution in [2.45, 2.75) is 52.0 Å². The summed E-state index contributed by atoms with van der Waals surface area (Å²) in [6.45, 7) is 12.0. The number of hydrogen-bond donors (Lipinski definition) is 1. The highest BCUT2D eigenvalue weighted by atomic mass is 15.2. The van der Waals surface area contributed by atoms with Crippen molar-refractivity contribution in [2.24, 2.45) is 5.41 Å². The maximum Gasteiger partial charge on any atom is 0.0252 e. The number of hydrogen-bond acceptors (Lipinski definition) is 2. The van der Waals surface area contributed by atoms with Crippen molar-refractivity contribution < 1.29 is 0 Å². The smallest absolute Gasteiger partial charge is 0.0252 e. The van der Waals surface area contributed by atoms with Gasteiger partial charge in [0.05, 0.1) is 0 Å². The van der Waals surface area contributed by atoms with Gasteiger partial charge in [0, 0.05) is 31.7 Å². The van der Waals surface area contributed by atoms with Crippen molar-refractivity contribution in [1.29, 1.82) is 0 Å². The molecule has 0 aromatic carbocycles. The SMILES string of the molecule is CC1(CN2CCNC(C)(C)C2)CCCC1. The maximum atomic E-state index is 3.58. The molecular formula is C13H26N2.